The third-order valence-corrected chi connectivity index (χ3v) is 15.4. The molecule has 0 N–H and O–H groups in total. The van der Waals surface area contributed by atoms with Crippen LogP contribution in [-0.2, 0) is 84.2 Å². The van der Waals surface area contributed by atoms with Gasteiger partial charge in [0.05, 0.1) is 0 Å². The Morgan fingerprint density at radius 1 is 0.141 bits per heavy atom. The molecule has 0 saturated carbocycles. The van der Waals surface area contributed by atoms with E-state index in [4.69, 9.17) is 37.9 Å². The number of benzene rings is 8. The summed E-state index contributed by atoms with van der Waals surface area (Å²) in [5, 5.41) is 0. The Balaban J connectivity index is 1.05. The zero-order chi connectivity index (χ0) is 41.5. The van der Waals surface area contributed by atoms with E-state index in [0.29, 0.717) is 0 Å². The van der Waals surface area contributed by atoms with Crippen molar-refractivity contribution in [3.8, 4) is 0 Å². The van der Waals surface area contributed by atoms with Gasteiger partial charge in [0.25, 0.3) is 0 Å². The summed E-state index contributed by atoms with van der Waals surface area (Å²) in [6.07, 6.45) is 0. The summed E-state index contributed by atoms with van der Waals surface area (Å²) in [5.74, 6) is -12.4. The molecular weight excluding hydrogens is 801 g/mol. The second-order valence-electron chi connectivity index (χ2n) is 18.1. The van der Waals surface area contributed by atoms with Crippen LogP contribution in [0.1, 0.15) is 89.0 Å². The first-order chi connectivity index (χ1) is 31.5. The third kappa shape index (κ3) is 3.23. The van der Waals surface area contributed by atoms with E-state index in [1.165, 1.54) is 0 Å². The molecule has 8 aliphatic heterocycles. The Kier molecular flexibility index (Phi) is 5.49. The van der Waals surface area contributed by atoms with Crippen molar-refractivity contribution in [1.29, 1.82) is 0 Å². The minimum Gasteiger partial charge on any atom is -0.301 e. The lowest BCUT2D eigenvalue weighted by atomic mass is 9.86. The molecule has 8 heteroatoms. The summed E-state index contributed by atoms with van der Waals surface area (Å²) in [6, 6.07) is 65.6. The van der Waals surface area contributed by atoms with E-state index in [1.54, 1.807) is 0 Å². The number of rotatable bonds is 0. The van der Waals surface area contributed by atoms with Gasteiger partial charge >= 0.3 is 0 Å². The zero-order valence-corrected chi connectivity index (χ0v) is 33.7. The molecule has 1 aliphatic carbocycles. The third-order valence-electron chi connectivity index (χ3n) is 15.4. The summed E-state index contributed by atoms with van der Waals surface area (Å²) in [7, 11) is 0. The van der Waals surface area contributed by atoms with E-state index in [1.807, 2.05) is 97.1 Å². The average Bonchev–Trinajstić information content (AvgIpc) is 4.21. The van der Waals surface area contributed by atoms with Crippen molar-refractivity contribution in [2.45, 2.75) is 46.3 Å². The number of ether oxygens (including phenoxy) is 8. The Hall–Kier alpha value is -6.56. The van der Waals surface area contributed by atoms with Crippen molar-refractivity contribution < 1.29 is 37.9 Å². The second kappa shape index (κ2) is 10.4. The molecule has 8 aromatic rings. The first-order valence-corrected chi connectivity index (χ1v) is 21.9. The topological polar surface area (TPSA) is 73.8 Å². The first kappa shape index (κ1) is 33.9. The van der Waals surface area contributed by atoms with Crippen LogP contribution in [0.15, 0.2) is 194 Å². The van der Waals surface area contributed by atoms with Crippen molar-refractivity contribution in [2.24, 2.45) is 0 Å². The maximum Gasteiger partial charge on any atom is 0.229 e. The van der Waals surface area contributed by atoms with Gasteiger partial charge in [0.15, 0.2) is 0 Å². The molecule has 8 bridgehead atoms. The van der Waals surface area contributed by atoms with Crippen molar-refractivity contribution in [3.63, 3.8) is 0 Å². The maximum absolute atomic E-state index is 7.85. The van der Waals surface area contributed by atoms with E-state index in [2.05, 4.69) is 97.1 Å². The molecule has 0 unspecified atom stereocenters. The molecule has 0 atom stereocenters. The number of hydrogen-bond donors (Lipinski definition) is 0. The Morgan fingerprint density at radius 2 is 0.219 bits per heavy atom. The molecule has 0 fully saturated rings. The average molecular weight is 833 g/mol. The van der Waals surface area contributed by atoms with Gasteiger partial charge in [-0.25, -0.2) is 0 Å². The van der Waals surface area contributed by atoms with E-state index >= 15 is 0 Å². The van der Waals surface area contributed by atoms with Crippen LogP contribution in [0.5, 0.6) is 0 Å². The molecule has 0 saturated heterocycles. The van der Waals surface area contributed by atoms with Gasteiger partial charge in [-0.2, -0.15) is 0 Å². The summed E-state index contributed by atoms with van der Waals surface area (Å²) in [4.78, 5) is 0. The summed E-state index contributed by atoms with van der Waals surface area (Å²) >= 11 is 0. The predicted molar refractivity (Wildman–Crippen MR) is 226 cm³/mol. The fraction of sp³-hybridized carbons (Fsp3) is 0.143. The van der Waals surface area contributed by atoms with Crippen molar-refractivity contribution in [2.75, 3.05) is 0 Å². The highest BCUT2D eigenvalue weighted by molar-refractivity contribution is 5.67. The Bertz CT molecular complexity index is 2590. The lowest BCUT2D eigenvalue weighted by Crippen LogP contribution is -2.43. The molecule has 0 radical (unpaired) electrons. The molecule has 9 aliphatic rings. The molecule has 304 valence electrons. The Morgan fingerprint density at radius 3 is 0.297 bits per heavy atom. The molecule has 8 spiro atoms. The summed E-state index contributed by atoms with van der Waals surface area (Å²) in [5.41, 5.74) is 12.7. The molecule has 0 aromatic heterocycles. The first-order valence-electron chi connectivity index (χ1n) is 21.9. The van der Waals surface area contributed by atoms with E-state index in [9.17, 15) is 0 Å². The van der Waals surface area contributed by atoms with Gasteiger partial charge in [0, 0.05) is 89.0 Å². The highest BCUT2D eigenvalue weighted by Gasteiger charge is 2.79. The van der Waals surface area contributed by atoms with Crippen LogP contribution >= 0.6 is 0 Å². The number of hydrogen-bond acceptors (Lipinski definition) is 8. The highest BCUT2D eigenvalue weighted by atomic mass is 16.9. The molecule has 8 aromatic carbocycles. The van der Waals surface area contributed by atoms with Crippen LogP contribution in [-0.4, -0.2) is 0 Å². The van der Waals surface area contributed by atoms with Gasteiger partial charge < -0.3 is 37.9 Å². The summed E-state index contributed by atoms with van der Waals surface area (Å²) in [6.45, 7) is 0. The van der Waals surface area contributed by atoms with Crippen LogP contribution in [0, 0.1) is 0 Å². The zero-order valence-electron chi connectivity index (χ0n) is 33.7. The SMILES string of the molecule is c1ccc2c(c1)C13OC24OC2(OC5(OC6(OC7(OC8(OC(O1)(c1ccccc13)c1ccccc18)c1ccccc17)c1ccccc16)c1ccccc15)c1ccccc12)c1ccccc14. The van der Waals surface area contributed by atoms with E-state index in [0.717, 1.165) is 89.0 Å². The molecule has 0 amide bonds. The summed E-state index contributed by atoms with van der Waals surface area (Å²) < 4.78 is 62.8. The molecule has 17 rings (SSSR count). The van der Waals surface area contributed by atoms with Crippen molar-refractivity contribution >= 4 is 0 Å². The van der Waals surface area contributed by atoms with Gasteiger partial charge in [-0.05, 0) is 0 Å². The highest BCUT2D eigenvalue weighted by Crippen LogP contribution is 2.76. The van der Waals surface area contributed by atoms with Crippen molar-refractivity contribution in [3.05, 3.63) is 283 Å². The fourth-order valence-electron chi connectivity index (χ4n) is 13.2. The van der Waals surface area contributed by atoms with Gasteiger partial charge in [-0.15, -0.1) is 0 Å². The van der Waals surface area contributed by atoms with Crippen LogP contribution < -0.4 is 0 Å². The fourth-order valence-corrected chi connectivity index (χ4v) is 13.2. The van der Waals surface area contributed by atoms with Gasteiger partial charge in [0.2, 0.25) is 46.3 Å². The normalized spacial score (nSPS) is 35.5. The van der Waals surface area contributed by atoms with Gasteiger partial charge in [0.1, 0.15) is 0 Å². The van der Waals surface area contributed by atoms with E-state index in [-0.39, 0.29) is 0 Å². The smallest absolute Gasteiger partial charge is 0.229 e. The Labute approximate surface area is 366 Å². The lowest BCUT2D eigenvalue weighted by Gasteiger charge is -2.38. The minimum absolute atomic E-state index is 0.792. The molecule has 64 heavy (non-hydrogen) atoms. The van der Waals surface area contributed by atoms with Gasteiger partial charge in [-0.3, -0.25) is 0 Å². The predicted octanol–water partition coefficient (Wildman–Crippen LogP) is 9.85. The largest absolute Gasteiger partial charge is 0.301 e. The van der Waals surface area contributed by atoms with Crippen molar-refractivity contribution in [1.82, 2.24) is 0 Å². The molecule has 8 nitrogen and oxygen atoms in total. The molecular formula is C56H32O8. The van der Waals surface area contributed by atoms with Crippen LogP contribution in [0.4, 0.5) is 0 Å². The van der Waals surface area contributed by atoms with E-state index < -0.39 is 46.3 Å². The minimum atomic E-state index is -1.55. The second-order valence-corrected chi connectivity index (χ2v) is 18.1. The standard InChI is InChI=1S/C56H32O8/c1-2-18-34-33(17-1)49-35-19-3-4-20-36(35)51(58-49)39-23-7-8-24-40(39)53(60-51)43-27-11-12-28-44(43)55(62-53)47-31-15-16-32-48(47)56(64-55)46-30-14-13-29-45(46)54(63-56)42-26-10-9-25-41(42)52(61-54)38-22-6-5-21-37(38)50(34,57-49)59-52/h1-32H. The van der Waals surface area contributed by atoms with Crippen LogP contribution in [0.2, 0.25) is 0 Å². The monoisotopic (exact) mass is 832 g/mol. The van der Waals surface area contributed by atoms with Crippen LogP contribution in [0.25, 0.3) is 0 Å². The maximum atomic E-state index is 7.85. The van der Waals surface area contributed by atoms with Gasteiger partial charge in [-0.1, -0.05) is 194 Å². The lowest BCUT2D eigenvalue weighted by molar-refractivity contribution is -0.453. The molecule has 8 heterocycles. The quantitative estimate of drug-likeness (QED) is 0.150. The van der Waals surface area contributed by atoms with Crippen LogP contribution in [0.3, 0.4) is 0 Å².